The Morgan fingerprint density at radius 1 is 1.03 bits per heavy atom. The highest BCUT2D eigenvalue weighted by molar-refractivity contribution is 6.30. The molecule has 1 atom stereocenters. The predicted molar refractivity (Wildman–Crippen MR) is 125 cm³/mol. The van der Waals surface area contributed by atoms with Crippen LogP contribution in [0, 0.1) is 0 Å². The average molecular weight is 469 g/mol. The molecule has 0 amide bonds. The fourth-order valence-corrected chi connectivity index (χ4v) is 4.28. The van der Waals surface area contributed by atoms with Crippen molar-refractivity contribution in [2.45, 2.75) is 31.9 Å². The monoisotopic (exact) mass is 468 g/mol. The van der Waals surface area contributed by atoms with Crippen molar-refractivity contribution in [1.29, 1.82) is 0 Å². The first-order valence-electron chi connectivity index (χ1n) is 11.2. The molecule has 0 saturated carbocycles. The molecule has 2 aliphatic heterocycles. The van der Waals surface area contributed by atoms with Crippen molar-refractivity contribution in [1.82, 2.24) is 9.55 Å². The number of hydrogen-bond acceptors (Lipinski definition) is 6. The summed E-state index contributed by atoms with van der Waals surface area (Å²) in [7, 11) is 0. The molecule has 0 N–H and O–H groups in total. The van der Waals surface area contributed by atoms with E-state index in [1.807, 2.05) is 36.4 Å². The van der Waals surface area contributed by atoms with Crippen LogP contribution in [0.15, 0.2) is 53.3 Å². The van der Waals surface area contributed by atoms with E-state index < -0.39 is 0 Å². The first-order valence-corrected chi connectivity index (χ1v) is 11.5. The molecule has 33 heavy (non-hydrogen) atoms. The summed E-state index contributed by atoms with van der Waals surface area (Å²) < 4.78 is 24.6. The number of rotatable bonds is 8. The Hall–Kier alpha value is -3.03. The molecule has 8 heteroatoms. The molecule has 3 heterocycles. The van der Waals surface area contributed by atoms with Gasteiger partial charge in [-0.2, -0.15) is 4.98 Å². The van der Waals surface area contributed by atoms with Crippen molar-refractivity contribution in [2.24, 2.45) is 0 Å². The van der Waals surface area contributed by atoms with Crippen LogP contribution in [0.5, 0.6) is 17.4 Å². The quantitative estimate of drug-likeness (QED) is 0.463. The Bertz CT molecular complexity index is 1170. The number of benzene rings is 2. The van der Waals surface area contributed by atoms with Gasteiger partial charge in [-0.25, -0.2) is 4.79 Å². The van der Waals surface area contributed by atoms with Gasteiger partial charge in [0.1, 0.15) is 31.3 Å². The summed E-state index contributed by atoms with van der Waals surface area (Å²) in [5.41, 5.74) is 2.64. The van der Waals surface area contributed by atoms with Gasteiger partial charge in [0, 0.05) is 29.8 Å². The van der Waals surface area contributed by atoms with Crippen molar-refractivity contribution < 1.29 is 18.9 Å². The Morgan fingerprint density at radius 3 is 2.61 bits per heavy atom. The largest absolute Gasteiger partial charge is 0.490 e. The molecule has 1 unspecified atom stereocenters. The smallest absolute Gasteiger partial charge is 0.351 e. The zero-order valence-electron chi connectivity index (χ0n) is 18.2. The van der Waals surface area contributed by atoms with Crippen molar-refractivity contribution in [3.8, 4) is 28.6 Å². The van der Waals surface area contributed by atoms with Gasteiger partial charge < -0.3 is 18.9 Å². The van der Waals surface area contributed by atoms with E-state index in [9.17, 15) is 4.79 Å². The van der Waals surface area contributed by atoms with Crippen LogP contribution in [0.4, 0.5) is 0 Å². The minimum atomic E-state index is -0.292. The highest BCUT2D eigenvalue weighted by atomic mass is 35.5. The van der Waals surface area contributed by atoms with Crippen LogP contribution in [0.3, 0.4) is 0 Å². The average Bonchev–Trinajstić information content (AvgIpc) is 3.35. The first kappa shape index (κ1) is 21.8. The Labute approximate surface area is 196 Å². The van der Waals surface area contributed by atoms with Crippen molar-refractivity contribution in [3.05, 3.63) is 69.6 Å². The molecule has 5 rings (SSSR count). The van der Waals surface area contributed by atoms with Crippen LogP contribution in [-0.2, 0) is 17.7 Å². The van der Waals surface area contributed by atoms with Gasteiger partial charge in [0.15, 0.2) is 0 Å². The zero-order valence-corrected chi connectivity index (χ0v) is 18.9. The maximum Gasteiger partial charge on any atom is 0.351 e. The number of halogens is 1. The maximum absolute atomic E-state index is 12.6. The van der Waals surface area contributed by atoms with E-state index in [0.717, 1.165) is 54.2 Å². The molecular weight excluding hydrogens is 444 g/mol. The molecule has 0 radical (unpaired) electrons. The molecule has 0 spiro atoms. The fourth-order valence-electron chi connectivity index (χ4n) is 4.15. The molecule has 1 saturated heterocycles. The van der Waals surface area contributed by atoms with Crippen LogP contribution in [0.1, 0.15) is 18.4 Å². The third kappa shape index (κ3) is 5.15. The van der Waals surface area contributed by atoms with Gasteiger partial charge in [0.2, 0.25) is 5.88 Å². The zero-order chi connectivity index (χ0) is 22.6. The lowest BCUT2D eigenvalue weighted by molar-refractivity contribution is 0.0661. The van der Waals surface area contributed by atoms with Crippen LogP contribution in [0.2, 0.25) is 5.02 Å². The molecule has 1 fully saturated rings. The second-order valence-corrected chi connectivity index (χ2v) is 8.52. The lowest BCUT2D eigenvalue weighted by Crippen LogP contribution is -2.29. The fraction of sp³-hybridized carbons (Fsp3) is 0.360. The number of nitrogens with zero attached hydrogens (tertiary/aromatic N) is 2. The van der Waals surface area contributed by atoms with Crippen LogP contribution >= 0.6 is 11.6 Å². The number of hydrogen-bond donors (Lipinski definition) is 0. The minimum absolute atomic E-state index is 0.0706. The maximum atomic E-state index is 12.6. The van der Waals surface area contributed by atoms with E-state index in [4.69, 9.17) is 30.5 Å². The molecule has 3 aromatic rings. The van der Waals surface area contributed by atoms with Crippen LogP contribution in [0.25, 0.3) is 11.3 Å². The summed E-state index contributed by atoms with van der Waals surface area (Å²) in [6, 6.07) is 15.0. The standard InChI is InChI=1S/C25H25ClN2O5/c26-18-3-5-19(6-4-18)31-12-13-32-20-7-8-22-17(14-20)9-10-28-23(22)15-24(27-25(28)29)33-16-21-2-1-11-30-21/h3-8,14-15,21H,1-2,9-13,16H2. The molecule has 172 valence electrons. The van der Waals surface area contributed by atoms with E-state index in [1.165, 1.54) is 0 Å². The lowest BCUT2D eigenvalue weighted by Gasteiger charge is -2.22. The predicted octanol–water partition coefficient (Wildman–Crippen LogP) is 4.14. The molecular formula is C25H25ClN2O5. The van der Waals surface area contributed by atoms with Gasteiger partial charge in [-0.1, -0.05) is 11.6 Å². The third-order valence-electron chi connectivity index (χ3n) is 5.82. The summed E-state index contributed by atoms with van der Waals surface area (Å²) in [6.07, 6.45) is 2.82. The normalized spacial score (nSPS) is 16.7. The molecule has 1 aromatic heterocycles. The summed E-state index contributed by atoms with van der Waals surface area (Å²) in [5.74, 6) is 1.86. The highest BCUT2D eigenvalue weighted by Gasteiger charge is 2.21. The van der Waals surface area contributed by atoms with Crippen LogP contribution in [-0.4, -0.2) is 42.1 Å². The SMILES string of the molecule is O=c1nc(OCC2CCCO2)cc2n1CCc1cc(OCCOc3ccc(Cl)cc3)ccc1-2. The Morgan fingerprint density at radius 2 is 1.82 bits per heavy atom. The van der Waals surface area contributed by atoms with Gasteiger partial charge in [-0.3, -0.25) is 4.57 Å². The second kappa shape index (κ2) is 9.85. The van der Waals surface area contributed by atoms with Gasteiger partial charge >= 0.3 is 5.69 Å². The van der Waals surface area contributed by atoms with E-state index >= 15 is 0 Å². The van der Waals surface area contributed by atoms with Gasteiger partial charge in [-0.15, -0.1) is 0 Å². The summed E-state index contributed by atoms with van der Waals surface area (Å²) in [4.78, 5) is 16.7. The van der Waals surface area contributed by atoms with Gasteiger partial charge in [0.25, 0.3) is 0 Å². The Balaban J connectivity index is 1.24. The lowest BCUT2D eigenvalue weighted by atomic mass is 9.97. The summed E-state index contributed by atoms with van der Waals surface area (Å²) in [5, 5.41) is 0.675. The minimum Gasteiger partial charge on any atom is -0.490 e. The number of ether oxygens (including phenoxy) is 4. The summed E-state index contributed by atoms with van der Waals surface area (Å²) in [6.45, 7) is 2.59. The molecule has 7 nitrogen and oxygen atoms in total. The topological polar surface area (TPSA) is 71.8 Å². The number of aryl methyl sites for hydroxylation is 1. The van der Waals surface area contributed by atoms with Crippen molar-refractivity contribution in [2.75, 3.05) is 26.4 Å². The van der Waals surface area contributed by atoms with E-state index in [-0.39, 0.29) is 11.8 Å². The van der Waals surface area contributed by atoms with Gasteiger partial charge in [0.05, 0.1) is 11.8 Å². The Kier molecular flexibility index (Phi) is 6.51. The first-order chi connectivity index (χ1) is 16.2. The molecule has 0 aliphatic carbocycles. The number of fused-ring (bicyclic) bond motifs is 3. The highest BCUT2D eigenvalue weighted by Crippen LogP contribution is 2.32. The number of aromatic nitrogens is 2. The molecule has 2 aliphatic rings. The van der Waals surface area contributed by atoms with E-state index in [0.29, 0.717) is 37.3 Å². The van der Waals surface area contributed by atoms with Crippen molar-refractivity contribution >= 4 is 11.6 Å². The molecule has 2 aromatic carbocycles. The van der Waals surface area contributed by atoms with E-state index in [1.54, 1.807) is 16.7 Å². The summed E-state index contributed by atoms with van der Waals surface area (Å²) >= 11 is 5.89. The molecule has 0 bridgehead atoms. The van der Waals surface area contributed by atoms with Crippen molar-refractivity contribution in [3.63, 3.8) is 0 Å². The third-order valence-corrected chi connectivity index (χ3v) is 6.07. The van der Waals surface area contributed by atoms with Crippen LogP contribution < -0.4 is 19.9 Å². The second-order valence-electron chi connectivity index (χ2n) is 8.08. The van der Waals surface area contributed by atoms with Gasteiger partial charge in [-0.05, 0) is 67.3 Å². The van der Waals surface area contributed by atoms with E-state index in [2.05, 4.69) is 4.98 Å².